The van der Waals surface area contributed by atoms with Gasteiger partial charge in [0.15, 0.2) is 0 Å². The van der Waals surface area contributed by atoms with Crippen molar-refractivity contribution in [2.75, 3.05) is 6.54 Å². The van der Waals surface area contributed by atoms with E-state index in [-0.39, 0.29) is 5.78 Å². The van der Waals surface area contributed by atoms with Gasteiger partial charge in [-0.1, -0.05) is 68.0 Å². The highest BCUT2D eigenvalue weighted by molar-refractivity contribution is 9.11. The summed E-state index contributed by atoms with van der Waals surface area (Å²) in [6, 6.07) is 0. The molecule has 0 aromatic heterocycles. The molecule has 1 fully saturated rings. The fraction of sp³-hybridized carbons (Fsp3) is 0.714. The lowest BCUT2D eigenvalue weighted by Crippen LogP contribution is -2.24. The van der Waals surface area contributed by atoms with Crippen molar-refractivity contribution in [1.29, 1.82) is 0 Å². The molecule has 0 saturated heterocycles. The number of hydrogen-bond acceptors (Lipinski definition) is 3. The molecule has 4 heteroatoms. The molecule has 0 atom stereocenters. The molecular formula is C21H35BrN2O. The minimum atomic E-state index is 0.00314. The molecule has 3 nitrogen and oxygen atoms in total. The van der Waals surface area contributed by atoms with Gasteiger partial charge in [0.2, 0.25) is 5.78 Å². The Kier molecular flexibility index (Phi) is 10.3. The van der Waals surface area contributed by atoms with Crippen molar-refractivity contribution < 1.29 is 4.79 Å². The number of nitrogens with zero attached hydrogens (tertiary/aromatic N) is 2. The standard InChI is InChI=1S/C21H35BrN2O/c1-6-8-18-11-13-19(14-12-18)10-9-17(5)21(25)20(15-22)24(7-2)23-16(3)4/h15,18-19H,5-14H2,1-4H3/b20-15+. The summed E-state index contributed by atoms with van der Waals surface area (Å²) in [5.74, 6) is 1.69. The van der Waals surface area contributed by atoms with Crippen LogP contribution in [0.1, 0.15) is 79.1 Å². The van der Waals surface area contributed by atoms with Crippen LogP contribution < -0.4 is 0 Å². The molecule has 0 amide bonds. The highest BCUT2D eigenvalue weighted by Crippen LogP contribution is 2.34. The topological polar surface area (TPSA) is 32.7 Å². The molecule has 1 aliphatic rings. The Morgan fingerprint density at radius 1 is 1.16 bits per heavy atom. The highest BCUT2D eigenvalue weighted by Gasteiger charge is 2.23. The Morgan fingerprint density at radius 2 is 1.72 bits per heavy atom. The largest absolute Gasteiger partial charge is 0.287 e. The molecule has 0 N–H and O–H groups in total. The minimum Gasteiger partial charge on any atom is -0.287 e. The maximum absolute atomic E-state index is 12.8. The van der Waals surface area contributed by atoms with E-state index in [1.54, 1.807) is 9.99 Å². The summed E-state index contributed by atoms with van der Waals surface area (Å²) in [5.41, 5.74) is 2.19. The average Bonchev–Trinajstić information content (AvgIpc) is 2.60. The fourth-order valence-corrected chi connectivity index (χ4v) is 4.09. The van der Waals surface area contributed by atoms with Crippen LogP contribution in [0.2, 0.25) is 0 Å². The number of carbonyl (C=O) groups excluding carboxylic acids is 1. The lowest BCUT2D eigenvalue weighted by atomic mass is 9.78. The first-order valence-corrected chi connectivity index (χ1v) is 10.7. The molecule has 0 aromatic rings. The Balaban J connectivity index is 2.53. The first kappa shape index (κ1) is 22.1. The van der Waals surface area contributed by atoms with Gasteiger partial charge >= 0.3 is 0 Å². The number of Topliss-reactive ketones (excluding diaryl/α,β-unsaturated/α-hetero) is 1. The van der Waals surface area contributed by atoms with E-state index < -0.39 is 0 Å². The Morgan fingerprint density at radius 3 is 2.16 bits per heavy atom. The Labute approximate surface area is 162 Å². The molecule has 0 spiro atoms. The molecule has 0 bridgehead atoms. The van der Waals surface area contributed by atoms with E-state index in [1.165, 1.54) is 38.5 Å². The number of likely N-dealkylation sites (N-methyl/N-ethyl adjacent to an activating group) is 1. The second-order valence-corrected chi connectivity index (χ2v) is 7.86. The summed E-state index contributed by atoms with van der Waals surface area (Å²) >= 11 is 3.33. The first-order chi connectivity index (χ1) is 11.9. The normalized spacial score (nSPS) is 20.9. The smallest absolute Gasteiger partial charge is 0.206 e. The molecule has 0 aromatic carbocycles. The highest BCUT2D eigenvalue weighted by atomic mass is 79.9. The third kappa shape index (κ3) is 7.47. The number of halogens is 1. The lowest BCUT2D eigenvalue weighted by molar-refractivity contribution is -0.113. The van der Waals surface area contributed by atoms with Gasteiger partial charge in [0, 0.05) is 17.2 Å². The van der Waals surface area contributed by atoms with Crippen LogP contribution in [0.25, 0.3) is 0 Å². The number of ketones is 1. The van der Waals surface area contributed by atoms with E-state index in [4.69, 9.17) is 0 Å². The average molecular weight is 411 g/mol. The molecule has 1 rings (SSSR count). The zero-order valence-electron chi connectivity index (χ0n) is 16.5. The van der Waals surface area contributed by atoms with E-state index in [9.17, 15) is 4.79 Å². The minimum absolute atomic E-state index is 0.00314. The summed E-state index contributed by atoms with van der Waals surface area (Å²) in [6.45, 7) is 12.9. The van der Waals surface area contributed by atoms with Crippen molar-refractivity contribution in [3.05, 3.63) is 22.8 Å². The number of rotatable bonds is 10. The number of hydrazone groups is 1. The van der Waals surface area contributed by atoms with Crippen LogP contribution >= 0.6 is 15.9 Å². The molecular weight excluding hydrogens is 376 g/mol. The van der Waals surface area contributed by atoms with Gasteiger partial charge in [-0.15, -0.1) is 0 Å². The number of allylic oxidation sites excluding steroid dienone is 1. The summed E-state index contributed by atoms with van der Waals surface area (Å²) in [5, 5.41) is 6.18. The van der Waals surface area contributed by atoms with Crippen LogP contribution in [0.3, 0.4) is 0 Å². The molecule has 142 valence electrons. The molecule has 1 aliphatic carbocycles. The van der Waals surface area contributed by atoms with E-state index in [2.05, 4.69) is 34.5 Å². The van der Waals surface area contributed by atoms with E-state index in [0.717, 1.165) is 30.4 Å². The van der Waals surface area contributed by atoms with E-state index >= 15 is 0 Å². The van der Waals surface area contributed by atoms with Crippen LogP contribution in [0.4, 0.5) is 0 Å². The van der Waals surface area contributed by atoms with Crippen molar-refractivity contribution in [3.8, 4) is 0 Å². The van der Waals surface area contributed by atoms with Crippen molar-refractivity contribution in [3.63, 3.8) is 0 Å². The molecule has 25 heavy (non-hydrogen) atoms. The first-order valence-electron chi connectivity index (χ1n) is 9.75. The van der Waals surface area contributed by atoms with Gasteiger partial charge in [0.25, 0.3) is 0 Å². The SMILES string of the molecule is C=C(CCC1CCC(CCC)CC1)C(=O)/C(=C\Br)N(CC)N=C(C)C. The molecule has 0 unspecified atom stereocenters. The zero-order chi connectivity index (χ0) is 18.8. The second kappa shape index (κ2) is 11.7. The fourth-order valence-electron chi connectivity index (χ4n) is 3.65. The predicted octanol–water partition coefficient (Wildman–Crippen LogP) is 6.45. The summed E-state index contributed by atoms with van der Waals surface area (Å²) in [6.07, 6.45) is 9.90. The van der Waals surface area contributed by atoms with E-state index in [1.807, 2.05) is 20.8 Å². The van der Waals surface area contributed by atoms with Crippen LogP contribution in [0.5, 0.6) is 0 Å². The summed E-state index contributed by atoms with van der Waals surface area (Å²) in [4.78, 5) is 14.4. The van der Waals surface area contributed by atoms with Crippen LogP contribution in [0, 0.1) is 11.8 Å². The Bertz CT molecular complexity index is 498. The van der Waals surface area contributed by atoms with Crippen LogP contribution in [-0.4, -0.2) is 23.0 Å². The van der Waals surface area contributed by atoms with Crippen molar-refractivity contribution in [1.82, 2.24) is 5.01 Å². The van der Waals surface area contributed by atoms with Gasteiger partial charge in [-0.3, -0.25) is 9.80 Å². The third-order valence-electron chi connectivity index (χ3n) is 5.07. The second-order valence-electron chi connectivity index (χ2n) is 7.40. The molecule has 0 aliphatic heterocycles. The Hall–Kier alpha value is -0.900. The summed E-state index contributed by atoms with van der Waals surface area (Å²) < 4.78 is 0. The van der Waals surface area contributed by atoms with Gasteiger partial charge in [0.1, 0.15) is 5.70 Å². The van der Waals surface area contributed by atoms with Crippen molar-refractivity contribution in [2.24, 2.45) is 16.9 Å². The number of carbonyl (C=O) groups is 1. The van der Waals surface area contributed by atoms with Crippen molar-refractivity contribution in [2.45, 2.75) is 79.1 Å². The van der Waals surface area contributed by atoms with Crippen LogP contribution in [0.15, 0.2) is 27.9 Å². The van der Waals surface area contributed by atoms with Gasteiger partial charge < -0.3 is 0 Å². The maximum Gasteiger partial charge on any atom is 0.206 e. The van der Waals surface area contributed by atoms with Crippen LogP contribution in [-0.2, 0) is 4.79 Å². The molecule has 0 radical (unpaired) electrons. The maximum atomic E-state index is 12.8. The quantitative estimate of drug-likeness (QED) is 0.235. The predicted molar refractivity (Wildman–Crippen MR) is 112 cm³/mol. The molecule has 1 saturated carbocycles. The molecule has 0 heterocycles. The lowest BCUT2D eigenvalue weighted by Gasteiger charge is -2.28. The van der Waals surface area contributed by atoms with Gasteiger partial charge in [-0.05, 0) is 51.0 Å². The number of hydrogen-bond donors (Lipinski definition) is 0. The third-order valence-corrected chi connectivity index (χ3v) is 5.51. The van der Waals surface area contributed by atoms with Gasteiger partial charge in [-0.2, -0.15) is 5.10 Å². The van der Waals surface area contributed by atoms with Gasteiger partial charge in [0.05, 0.1) is 0 Å². The zero-order valence-corrected chi connectivity index (χ0v) is 18.1. The monoisotopic (exact) mass is 410 g/mol. The van der Waals surface area contributed by atoms with E-state index in [0.29, 0.717) is 17.8 Å². The van der Waals surface area contributed by atoms with Crippen molar-refractivity contribution >= 4 is 27.4 Å². The van der Waals surface area contributed by atoms with Gasteiger partial charge in [-0.25, -0.2) is 0 Å². The summed E-state index contributed by atoms with van der Waals surface area (Å²) in [7, 11) is 0.